The smallest absolute Gasteiger partial charge is 0.176 e. The van der Waals surface area contributed by atoms with Crippen LogP contribution in [0, 0.1) is 6.92 Å². The third-order valence-corrected chi connectivity index (χ3v) is 2.73. The maximum atomic E-state index is 12.0. The molecule has 88 valence electrons. The second-order valence-electron chi connectivity index (χ2n) is 4.16. The summed E-state index contributed by atoms with van der Waals surface area (Å²) in [5.41, 5.74) is 2.01. The number of hydrogen-bond donors (Lipinski definition) is 0. The van der Waals surface area contributed by atoms with E-state index in [4.69, 9.17) is 0 Å². The molecule has 1 aromatic rings. The van der Waals surface area contributed by atoms with E-state index in [2.05, 4.69) is 18.7 Å². The standard InChI is InChI=1S/C14H21NO/c1-4-10-15(5-2)11-14(16)13-8-6-12(3)7-9-13/h6-9H,4-5,10-11H2,1-3H3. The molecule has 0 atom stereocenters. The van der Waals surface area contributed by atoms with E-state index in [9.17, 15) is 4.79 Å². The molecule has 0 bridgehead atoms. The Morgan fingerprint density at radius 1 is 1.19 bits per heavy atom. The van der Waals surface area contributed by atoms with E-state index in [0.717, 1.165) is 25.1 Å². The molecule has 0 heterocycles. The summed E-state index contributed by atoms with van der Waals surface area (Å²) in [6, 6.07) is 7.81. The lowest BCUT2D eigenvalue weighted by molar-refractivity contribution is 0.0934. The van der Waals surface area contributed by atoms with Crippen molar-refractivity contribution in [1.82, 2.24) is 4.90 Å². The number of aryl methyl sites for hydroxylation is 1. The van der Waals surface area contributed by atoms with Crippen molar-refractivity contribution >= 4 is 5.78 Å². The lowest BCUT2D eigenvalue weighted by Crippen LogP contribution is -2.30. The number of carbonyl (C=O) groups excluding carboxylic acids is 1. The van der Waals surface area contributed by atoms with Crippen LogP contribution in [-0.2, 0) is 0 Å². The molecule has 0 radical (unpaired) electrons. The Hall–Kier alpha value is -1.15. The summed E-state index contributed by atoms with van der Waals surface area (Å²) in [5, 5.41) is 0. The van der Waals surface area contributed by atoms with Crippen LogP contribution < -0.4 is 0 Å². The van der Waals surface area contributed by atoms with Gasteiger partial charge in [0.1, 0.15) is 0 Å². The minimum absolute atomic E-state index is 0.218. The number of ketones is 1. The van der Waals surface area contributed by atoms with Crippen molar-refractivity contribution in [1.29, 1.82) is 0 Å². The summed E-state index contributed by atoms with van der Waals surface area (Å²) in [6.45, 7) is 8.73. The van der Waals surface area contributed by atoms with Gasteiger partial charge in [-0.05, 0) is 26.4 Å². The van der Waals surface area contributed by atoms with E-state index in [1.165, 1.54) is 5.56 Å². The molecular formula is C14H21NO. The minimum atomic E-state index is 0.218. The second kappa shape index (κ2) is 6.44. The highest BCUT2D eigenvalue weighted by atomic mass is 16.1. The van der Waals surface area contributed by atoms with Crippen LogP contribution in [0.3, 0.4) is 0 Å². The van der Waals surface area contributed by atoms with Gasteiger partial charge in [-0.25, -0.2) is 0 Å². The highest BCUT2D eigenvalue weighted by Crippen LogP contribution is 2.05. The zero-order valence-electron chi connectivity index (χ0n) is 10.5. The Labute approximate surface area is 98.3 Å². The average Bonchev–Trinajstić information content (AvgIpc) is 2.29. The molecular weight excluding hydrogens is 198 g/mol. The Morgan fingerprint density at radius 3 is 2.31 bits per heavy atom. The van der Waals surface area contributed by atoms with Gasteiger partial charge in [0.2, 0.25) is 0 Å². The van der Waals surface area contributed by atoms with Gasteiger partial charge in [-0.3, -0.25) is 9.69 Å². The Balaban J connectivity index is 2.60. The fourth-order valence-electron chi connectivity index (χ4n) is 1.70. The highest BCUT2D eigenvalue weighted by Gasteiger charge is 2.09. The van der Waals surface area contributed by atoms with Gasteiger partial charge in [0.05, 0.1) is 6.54 Å². The van der Waals surface area contributed by atoms with Crippen molar-refractivity contribution in [2.75, 3.05) is 19.6 Å². The third-order valence-electron chi connectivity index (χ3n) is 2.73. The van der Waals surface area contributed by atoms with E-state index in [1.807, 2.05) is 31.2 Å². The van der Waals surface area contributed by atoms with Crippen molar-refractivity contribution in [3.63, 3.8) is 0 Å². The van der Waals surface area contributed by atoms with Crippen LogP contribution in [0.15, 0.2) is 24.3 Å². The molecule has 2 heteroatoms. The first-order valence-electron chi connectivity index (χ1n) is 5.99. The summed E-state index contributed by atoms with van der Waals surface area (Å²) < 4.78 is 0. The van der Waals surface area contributed by atoms with Gasteiger partial charge in [0.15, 0.2) is 5.78 Å². The largest absolute Gasteiger partial charge is 0.296 e. The fraction of sp³-hybridized carbons (Fsp3) is 0.500. The number of carbonyl (C=O) groups is 1. The Kier molecular flexibility index (Phi) is 5.20. The number of likely N-dealkylation sites (N-methyl/N-ethyl adjacent to an activating group) is 1. The molecule has 1 aromatic carbocycles. The summed E-state index contributed by atoms with van der Waals surface area (Å²) >= 11 is 0. The normalized spacial score (nSPS) is 10.8. The van der Waals surface area contributed by atoms with Crippen LogP contribution in [0.25, 0.3) is 0 Å². The number of benzene rings is 1. The second-order valence-corrected chi connectivity index (χ2v) is 4.16. The maximum Gasteiger partial charge on any atom is 0.176 e. The summed E-state index contributed by atoms with van der Waals surface area (Å²) in [4.78, 5) is 14.1. The molecule has 0 amide bonds. The van der Waals surface area contributed by atoms with Gasteiger partial charge >= 0.3 is 0 Å². The minimum Gasteiger partial charge on any atom is -0.296 e. The third kappa shape index (κ3) is 3.78. The zero-order chi connectivity index (χ0) is 12.0. The summed E-state index contributed by atoms with van der Waals surface area (Å²) in [5.74, 6) is 0.218. The predicted molar refractivity (Wildman–Crippen MR) is 67.9 cm³/mol. The first-order chi connectivity index (χ1) is 7.67. The van der Waals surface area contributed by atoms with Crippen LogP contribution >= 0.6 is 0 Å². The molecule has 16 heavy (non-hydrogen) atoms. The molecule has 2 nitrogen and oxygen atoms in total. The first-order valence-corrected chi connectivity index (χ1v) is 5.99. The van der Waals surface area contributed by atoms with Crippen molar-refractivity contribution in [3.05, 3.63) is 35.4 Å². The molecule has 0 aliphatic heterocycles. The lowest BCUT2D eigenvalue weighted by Gasteiger charge is -2.18. The van der Waals surface area contributed by atoms with E-state index in [0.29, 0.717) is 6.54 Å². The van der Waals surface area contributed by atoms with Crippen LogP contribution in [0.5, 0.6) is 0 Å². The maximum absolute atomic E-state index is 12.0. The molecule has 1 rings (SSSR count). The average molecular weight is 219 g/mol. The zero-order valence-corrected chi connectivity index (χ0v) is 10.5. The van der Waals surface area contributed by atoms with Crippen LogP contribution in [-0.4, -0.2) is 30.3 Å². The molecule has 0 aliphatic rings. The van der Waals surface area contributed by atoms with Gasteiger partial charge in [-0.15, -0.1) is 0 Å². The molecule has 0 unspecified atom stereocenters. The molecule has 0 saturated carbocycles. The molecule has 0 spiro atoms. The van der Waals surface area contributed by atoms with Crippen LogP contribution in [0.2, 0.25) is 0 Å². The number of Topliss-reactive ketones (excluding diaryl/α,β-unsaturated/α-hetero) is 1. The van der Waals surface area contributed by atoms with Gasteiger partial charge < -0.3 is 0 Å². The van der Waals surface area contributed by atoms with Gasteiger partial charge in [-0.1, -0.05) is 43.7 Å². The lowest BCUT2D eigenvalue weighted by atomic mass is 10.1. The van der Waals surface area contributed by atoms with Gasteiger partial charge in [0.25, 0.3) is 0 Å². The Bertz CT molecular complexity index is 329. The number of nitrogens with zero attached hydrogens (tertiary/aromatic N) is 1. The summed E-state index contributed by atoms with van der Waals surface area (Å²) in [6.07, 6.45) is 1.09. The highest BCUT2D eigenvalue weighted by molar-refractivity contribution is 5.97. The van der Waals surface area contributed by atoms with E-state index in [-0.39, 0.29) is 5.78 Å². The molecule has 0 N–H and O–H groups in total. The van der Waals surface area contributed by atoms with E-state index in [1.54, 1.807) is 0 Å². The van der Waals surface area contributed by atoms with Crippen LogP contribution in [0.1, 0.15) is 36.2 Å². The number of hydrogen-bond acceptors (Lipinski definition) is 2. The molecule has 0 aromatic heterocycles. The topological polar surface area (TPSA) is 20.3 Å². The monoisotopic (exact) mass is 219 g/mol. The quantitative estimate of drug-likeness (QED) is 0.686. The van der Waals surface area contributed by atoms with E-state index < -0.39 is 0 Å². The fourth-order valence-corrected chi connectivity index (χ4v) is 1.70. The first kappa shape index (κ1) is 12.9. The van der Waals surface area contributed by atoms with E-state index >= 15 is 0 Å². The number of rotatable bonds is 6. The molecule has 0 aliphatic carbocycles. The van der Waals surface area contributed by atoms with Crippen LogP contribution in [0.4, 0.5) is 0 Å². The van der Waals surface area contributed by atoms with Crippen molar-refractivity contribution in [2.24, 2.45) is 0 Å². The van der Waals surface area contributed by atoms with Gasteiger partial charge in [0, 0.05) is 5.56 Å². The molecule has 0 fully saturated rings. The van der Waals surface area contributed by atoms with Crippen molar-refractivity contribution < 1.29 is 4.79 Å². The SMILES string of the molecule is CCCN(CC)CC(=O)c1ccc(C)cc1. The molecule has 0 saturated heterocycles. The van der Waals surface area contributed by atoms with Crippen molar-refractivity contribution in [3.8, 4) is 0 Å². The summed E-state index contributed by atoms with van der Waals surface area (Å²) in [7, 11) is 0. The van der Waals surface area contributed by atoms with Gasteiger partial charge in [-0.2, -0.15) is 0 Å². The van der Waals surface area contributed by atoms with Crippen molar-refractivity contribution in [2.45, 2.75) is 27.2 Å². The Morgan fingerprint density at radius 2 is 1.81 bits per heavy atom. The predicted octanol–water partition coefficient (Wildman–Crippen LogP) is 2.91.